The van der Waals surface area contributed by atoms with Crippen LogP contribution in [-0.2, 0) is 4.79 Å². The van der Waals surface area contributed by atoms with E-state index in [0.29, 0.717) is 10.8 Å². The first kappa shape index (κ1) is 16.0. The second kappa shape index (κ2) is 6.44. The van der Waals surface area contributed by atoms with Gasteiger partial charge < -0.3 is 9.73 Å². The van der Waals surface area contributed by atoms with Gasteiger partial charge in [0.1, 0.15) is 11.5 Å². The summed E-state index contributed by atoms with van der Waals surface area (Å²) in [4.78, 5) is 11.9. The van der Waals surface area contributed by atoms with Crippen LogP contribution in [0, 0.1) is 5.92 Å². The Kier molecular flexibility index (Phi) is 4.30. The summed E-state index contributed by atoms with van der Waals surface area (Å²) >= 11 is 7.70. The highest BCUT2D eigenvalue weighted by molar-refractivity contribution is 8.00. The van der Waals surface area contributed by atoms with E-state index in [9.17, 15) is 4.79 Å². The Bertz CT molecular complexity index is 766. The minimum atomic E-state index is -0.0905. The molecule has 1 aromatic carbocycles. The van der Waals surface area contributed by atoms with Crippen molar-refractivity contribution in [1.29, 1.82) is 0 Å². The molecule has 2 aliphatic rings. The summed E-state index contributed by atoms with van der Waals surface area (Å²) in [5.41, 5.74) is 7.34. The van der Waals surface area contributed by atoms with Gasteiger partial charge in [0, 0.05) is 22.5 Å². The molecule has 1 amide bonds. The quantitative estimate of drug-likeness (QED) is 0.765. The average molecular weight is 364 g/mol. The number of amides is 1. The zero-order valence-electron chi connectivity index (χ0n) is 13.1. The van der Waals surface area contributed by atoms with Crippen molar-refractivity contribution in [2.75, 3.05) is 5.75 Å². The Morgan fingerprint density at radius 3 is 2.96 bits per heavy atom. The number of halogens is 1. The fraction of sp³-hybridized carbons (Fsp3) is 0.353. The van der Waals surface area contributed by atoms with Gasteiger partial charge in [-0.1, -0.05) is 23.7 Å². The van der Waals surface area contributed by atoms with E-state index in [1.54, 1.807) is 11.8 Å². The van der Waals surface area contributed by atoms with Crippen LogP contribution >= 0.6 is 23.4 Å². The number of nitrogens with one attached hydrogen (secondary N) is 3. The molecule has 3 heterocycles. The highest BCUT2D eigenvalue weighted by Crippen LogP contribution is 2.43. The molecule has 4 rings (SSSR count). The Hall–Kier alpha value is -1.47. The minimum Gasteiger partial charge on any atom is -0.460 e. The van der Waals surface area contributed by atoms with E-state index < -0.39 is 0 Å². The van der Waals surface area contributed by atoms with Crippen LogP contribution in [-0.4, -0.2) is 23.9 Å². The summed E-state index contributed by atoms with van der Waals surface area (Å²) in [5, 5.41) is 3.80. The largest absolute Gasteiger partial charge is 0.460 e. The van der Waals surface area contributed by atoms with Crippen LogP contribution in [0.15, 0.2) is 40.8 Å². The van der Waals surface area contributed by atoms with E-state index in [4.69, 9.17) is 16.0 Å². The van der Waals surface area contributed by atoms with Crippen molar-refractivity contribution >= 4 is 29.3 Å². The van der Waals surface area contributed by atoms with E-state index in [1.807, 2.05) is 36.4 Å². The highest BCUT2D eigenvalue weighted by atomic mass is 35.5. The molecule has 2 aliphatic heterocycles. The molecule has 0 aliphatic carbocycles. The smallest absolute Gasteiger partial charge is 0.231 e. The molecule has 4 atom stereocenters. The van der Waals surface area contributed by atoms with Crippen LogP contribution in [0.4, 0.5) is 0 Å². The molecular weight excluding hydrogens is 346 g/mol. The summed E-state index contributed by atoms with van der Waals surface area (Å²) in [7, 11) is 0. The van der Waals surface area contributed by atoms with Crippen molar-refractivity contribution in [2.24, 2.45) is 5.92 Å². The number of hydrogen-bond donors (Lipinski definition) is 3. The lowest BCUT2D eigenvalue weighted by Crippen LogP contribution is -2.46. The van der Waals surface area contributed by atoms with Crippen molar-refractivity contribution < 1.29 is 9.21 Å². The maximum atomic E-state index is 11.9. The first-order chi connectivity index (χ1) is 11.6. The lowest BCUT2D eigenvalue weighted by Gasteiger charge is -2.25. The van der Waals surface area contributed by atoms with E-state index in [0.717, 1.165) is 17.1 Å². The number of fused-ring (bicyclic) bond motifs is 1. The van der Waals surface area contributed by atoms with E-state index in [-0.39, 0.29) is 29.3 Å². The maximum absolute atomic E-state index is 11.9. The summed E-state index contributed by atoms with van der Waals surface area (Å²) in [5.74, 6) is 2.36. The maximum Gasteiger partial charge on any atom is 0.231 e. The predicted octanol–water partition coefficient (Wildman–Crippen LogP) is 2.94. The van der Waals surface area contributed by atoms with Gasteiger partial charge in [0.05, 0.1) is 17.2 Å². The molecule has 0 saturated carbocycles. The first-order valence-electron chi connectivity index (χ1n) is 7.89. The number of benzene rings is 1. The summed E-state index contributed by atoms with van der Waals surface area (Å²) in [6.45, 7) is 2.11. The van der Waals surface area contributed by atoms with Gasteiger partial charge in [-0.3, -0.25) is 10.2 Å². The van der Waals surface area contributed by atoms with Gasteiger partial charge in [-0.05, 0) is 31.2 Å². The van der Waals surface area contributed by atoms with E-state index in [2.05, 4.69) is 23.1 Å². The van der Waals surface area contributed by atoms with E-state index >= 15 is 0 Å². The molecule has 0 spiro atoms. The molecule has 3 N–H and O–H groups in total. The fourth-order valence-corrected chi connectivity index (χ4v) is 4.85. The van der Waals surface area contributed by atoms with Crippen molar-refractivity contribution in [3.8, 4) is 11.3 Å². The third-order valence-corrected chi connectivity index (χ3v) is 6.07. The number of carbonyl (C=O) groups is 1. The van der Waals surface area contributed by atoms with Crippen LogP contribution in [0.2, 0.25) is 5.02 Å². The molecule has 2 aromatic rings. The third kappa shape index (κ3) is 2.95. The topological polar surface area (TPSA) is 66.3 Å². The van der Waals surface area contributed by atoms with Gasteiger partial charge in [-0.2, -0.15) is 0 Å². The second-order valence-corrected chi connectivity index (χ2v) is 7.71. The second-order valence-electron chi connectivity index (χ2n) is 6.14. The highest BCUT2D eigenvalue weighted by Gasteiger charge is 2.44. The standard InChI is InChI=1S/C17H18ClN3O2S/c1-9-15-16(24-8-14(22)19-17(15)21-20-9)13-6-5-12(23-13)10-3-2-4-11(18)7-10/h2-7,9,15-17,20-21H,8H2,1H3,(H,19,22). The molecule has 1 aromatic heterocycles. The zero-order valence-corrected chi connectivity index (χ0v) is 14.7. The fourth-order valence-electron chi connectivity index (χ4n) is 3.34. The van der Waals surface area contributed by atoms with Crippen LogP contribution in [0.5, 0.6) is 0 Å². The van der Waals surface area contributed by atoms with Crippen molar-refractivity contribution in [1.82, 2.24) is 16.2 Å². The van der Waals surface area contributed by atoms with Crippen LogP contribution < -0.4 is 16.2 Å². The summed E-state index contributed by atoms with van der Waals surface area (Å²) in [6.07, 6.45) is -0.0905. The third-order valence-electron chi connectivity index (χ3n) is 4.51. The molecule has 24 heavy (non-hydrogen) atoms. The Labute approximate surface area is 149 Å². The average Bonchev–Trinajstić information content (AvgIpc) is 3.13. The van der Waals surface area contributed by atoms with Gasteiger partial charge in [-0.15, -0.1) is 11.8 Å². The number of hydrogen-bond acceptors (Lipinski definition) is 5. The molecule has 2 fully saturated rings. The molecule has 5 nitrogen and oxygen atoms in total. The van der Waals surface area contributed by atoms with E-state index in [1.165, 1.54) is 0 Å². The Morgan fingerprint density at radius 1 is 1.25 bits per heavy atom. The SMILES string of the molecule is CC1NNC2NC(=O)CSC(c3ccc(-c4cccc(Cl)c4)o3)C12. The number of carbonyl (C=O) groups excluding carboxylic acids is 1. The first-order valence-corrected chi connectivity index (χ1v) is 9.32. The molecule has 0 radical (unpaired) electrons. The van der Waals surface area contributed by atoms with Gasteiger partial charge in [-0.25, -0.2) is 5.43 Å². The Balaban J connectivity index is 1.66. The lowest BCUT2D eigenvalue weighted by molar-refractivity contribution is -0.119. The predicted molar refractivity (Wildman–Crippen MR) is 95.5 cm³/mol. The molecule has 4 unspecified atom stereocenters. The molecule has 0 bridgehead atoms. The van der Waals surface area contributed by atoms with Gasteiger partial charge in [0.2, 0.25) is 5.91 Å². The van der Waals surface area contributed by atoms with Crippen molar-refractivity contribution in [3.05, 3.63) is 47.2 Å². The number of thioether (sulfide) groups is 1. The minimum absolute atomic E-state index is 0.0440. The number of hydrazine groups is 1. The summed E-state index contributed by atoms with van der Waals surface area (Å²) < 4.78 is 6.14. The van der Waals surface area contributed by atoms with Gasteiger partial charge >= 0.3 is 0 Å². The molecule has 7 heteroatoms. The molecule has 126 valence electrons. The van der Waals surface area contributed by atoms with Crippen molar-refractivity contribution in [3.63, 3.8) is 0 Å². The lowest BCUT2D eigenvalue weighted by atomic mass is 9.94. The summed E-state index contributed by atoms with van der Waals surface area (Å²) in [6, 6.07) is 11.8. The van der Waals surface area contributed by atoms with Crippen LogP contribution in [0.3, 0.4) is 0 Å². The van der Waals surface area contributed by atoms with Gasteiger partial charge in [0.25, 0.3) is 0 Å². The van der Waals surface area contributed by atoms with Crippen LogP contribution in [0.1, 0.15) is 17.9 Å². The molecular formula is C17H18ClN3O2S. The van der Waals surface area contributed by atoms with Crippen LogP contribution in [0.25, 0.3) is 11.3 Å². The monoisotopic (exact) mass is 363 g/mol. The zero-order chi connectivity index (χ0) is 16.7. The normalized spacial score (nSPS) is 29.8. The van der Waals surface area contributed by atoms with Crippen molar-refractivity contribution in [2.45, 2.75) is 24.4 Å². The van der Waals surface area contributed by atoms with Gasteiger partial charge in [0.15, 0.2) is 0 Å². The number of furan rings is 1. The number of rotatable bonds is 2. The molecule has 2 saturated heterocycles. The Morgan fingerprint density at radius 2 is 2.12 bits per heavy atom.